The van der Waals surface area contributed by atoms with Crippen LogP contribution in [-0.4, -0.2) is 11.5 Å². The van der Waals surface area contributed by atoms with E-state index >= 15 is 0 Å². The van der Waals surface area contributed by atoms with Crippen molar-refractivity contribution in [3.63, 3.8) is 0 Å². The maximum atomic E-state index is 14.0. The molecule has 4 heteroatoms. The van der Waals surface area contributed by atoms with Crippen molar-refractivity contribution in [2.45, 2.75) is 27.3 Å². The van der Waals surface area contributed by atoms with Gasteiger partial charge in [-0.25, -0.2) is 9.37 Å². The number of benzene rings is 1. The van der Waals surface area contributed by atoms with Gasteiger partial charge < -0.3 is 10.6 Å². The molecular weight excluding hydrogens is 253 g/mol. The van der Waals surface area contributed by atoms with Gasteiger partial charge in [-0.05, 0) is 44.5 Å². The highest BCUT2D eigenvalue weighted by atomic mass is 19.1. The van der Waals surface area contributed by atoms with E-state index < -0.39 is 0 Å². The summed E-state index contributed by atoms with van der Waals surface area (Å²) >= 11 is 0. The van der Waals surface area contributed by atoms with Crippen molar-refractivity contribution >= 4 is 11.5 Å². The fourth-order valence-electron chi connectivity index (χ4n) is 2.42. The van der Waals surface area contributed by atoms with Crippen molar-refractivity contribution in [2.75, 3.05) is 11.4 Å². The van der Waals surface area contributed by atoms with Crippen LogP contribution >= 0.6 is 0 Å². The van der Waals surface area contributed by atoms with Crippen LogP contribution in [-0.2, 0) is 6.54 Å². The lowest BCUT2D eigenvalue weighted by Gasteiger charge is -2.26. The van der Waals surface area contributed by atoms with E-state index in [1.165, 1.54) is 6.07 Å². The van der Waals surface area contributed by atoms with Crippen LogP contribution in [0.2, 0.25) is 0 Å². The minimum atomic E-state index is -0.252. The highest BCUT2D eigenvalue weighted by Crippen LogP contribution is 2.30. The molecule has 106 valence electrons. The third-order valence-electron chi connectivity index (χ3n) is 3.37. The Morgan fingerprint density at radius 1 is 1.25 bits per heavy atom. The van der Waals surface area contributed by atoms with Crippen molar-refractivity contribution in [3.8, 4) is 0 Å². The monoisotopic (exact) mass is 273 g/mol. The molecule has 0 saturated heterocycles. The van der Waals surface area contributed by atoms with Crippen molar-refractivity contribution in [3.05, 3.63) is 53.0 Å². The van der Waals surface area contributed by atoms with Gasteiger partial charge in [0.15, 0.2) is 0 Å². The van der Waals surface area contributed by atoms with Gasteiger partial charge in [0.1, 0.15) is 11.6 Å². The van der Waals surface area contributed by atoms with Gasteiger partial charge >= 0.3 is 0 Å². The molecule has 0 fully saturated rings. The summed E-state index contributed by atoms with van der Waals surface area (Å²) in [4.78, 5) is 6.45. The summed E-state index contributed by atoms with van der Waals surface area (Å²) in [5.74, 6) is 0.496. The fraction of sp³-hybridized carbons (Fsp3) is 0.312. The second-order valence-electron chi connectivity index (χ2n) is 4.78. The Morgan fingerprint density at radius 3 is 2.55 bits per heavy atom. The molecule has 3 nitrogen and oxygen atoms in total. The summed E-state index contributed by atoms with van der Waals surface area (Å²) in [5, 5.41) is 0. The second-order valence-corrected chi connectivity index (χ2v) is 4.78. The summed E-state index contributed by atoms with van der Waals surface area (Å²) < 4.78 is 14.0. The molecule has 2 rings (SSSR count). The predicted octanol–water partition coefficient (Wildman–Crippen LogP) is 3.45. The Hall–Kier alpha value is -1.94. The number of nitrogens with two attached hydrogens (primary N) is 1. The molecule has 0 spiro atoms. The van der Waals surface area contributed by atoms with Crippen molar-refractivity contribution in [2.24, 2.45) is 5.73 Å². The first-order valence-electron chi connectivity index (χ1n) is 6.77. The van der Waals surface area contributed by atoms with E-state index in [9.17, 15) is 4.39 Å². The van der Waals surface area contributed by atoms with Crippen LogP contribution in [0.4, 0.5) is 15.9 Å². The predicted molar refractivity (Wildman–Crippen MR) is 80.7 cm³/mol. The number of aryl methyl sites for hydroxylation is 2. The second kappa shape index (κ2) is 6.01. The summed E-state index contributed by atoms with van der Waals surface area (Å²) in [7, 11) is 0. The minimum Gasteiger partial charge on any atom is -0.326 e. The molecule has 0 bridgehead atoms. The minimum absolute atomic E-state index is 0.252. The average Bonchev–Trinajstić information content (AvgIpc) is 2.41. The molecule has 2 N–H and O–H groups in total. The number of hydrogen-bond acceptors (Lipinski definition) is 3. The molecule has 0 aliphatic heterocycles. The Balaban J connectivity index is 2.61. The van der Waals surface area contributed by atoms with Gasteiger partial charge in [-0.2, -0.15) is 0 Å². The molecule has 0 atom stereocenters. The molecule has 0 unspecified atom stereocenters. The van der Waals surface area contributed by atoms with Crippen LogP contribution in [0.25, 0.3) is 0 Å². The van der Waals surface area contributed by atoms with Crippen LogP contribution in [0, 0.1) is 19.7 Å². The van der Waals surface area contributed by atoms with Gasteiger partial charge in [0.2, 0.25) is 0 Å². The molecule has 0 saturated carbocycles. The van der Waals surface area contributed by atoms with E-state index in [-0.39, 0.29) is 5.82 Å². The van der Waals surface area contributed by atoms with Crippen LogP contribution in [0.1, 0.15) is 23.7 Å². The number of rotatable bonds is 4. The third-order valence-corrected chi connectivity index (χ3v) is 3.37. The summed E-state index contributed by atoms with van der Waals surface area (Å²) in [6.07, 6.45) is 0. The first-order chi connectivity index (χ1) is 9.58. The summed E-state index contributed by atoms with van der Waals surface area (Å²) in [5.41, 5.74) is 9.33. The quantitative estimate of drug-likeness (QED) is 0.927. The van der Waals surface area contributed by atoms with E-state index in [4.69, 9.17) is 5.73 Å². The normalized spacial score (nSPS) is 10.7. The number of hydrogen-bond donors (Lipinski definition) is 1. The van der Waals surface area contributed by atoms with E-state index in [1.54, 1.807) is 12.1 Å². The molecule has 1 heterocycles. The van der Waals surface area contributed by atoms with E-state index in [1.807, 2.05) is 37.8 Å². The maximum Gasteiger partial charge on any atom is 0.146 e. The Kier molecular flexibility index (Phi) is 4.35. The van der Waals surface area contributed by atoms with E-state index in [0.717, 1.165) is 22.6 Å². The maximum absolute atomic E-state index is 14.0. The number of halogens is 1. The van der Waals surface area contributed by atoms with Gasteiger partial charge in [0.05, 0.1) is 5.69 Å². The highest BCUT2D eigenvalue weighted by molar-refractivity contribution is 5.64. The van der Waals surface area contributed by atoms with Gasteiger partial charge in [0.25, 0.3) is 0 Å². The lowest BCUT2D eigenvalue weighted by Crippen LogP contribution is -2.22. The number of nitrogens with zero attached hydrogens (tertiary/aromatic N) is 2. The third kappa shape index (κ3) is 2.65. The Morgan fingerprint density at radius 2 is 1.95 bits per heavy atom. The zero-order chi connectivity index (χ0) is 14.7. The lowest BCUT2D eigenvalue weighted by molar-refractivity contribution is 0.625. The molecule has 1 aromatic heterocycles. The highest BCUT2D eigenvalue weighted by Gasteiger charge is 2.17. The first-order valence-corrected chi connectivity index (χ1v) is 6.77. The Bertz CT molecular complexity index is 611. The zero-order valence-corrected chi connectivity index (χ0v) is 12.2. The van der Waals surface area contributed by atoms with Crippen molar-refractivity contribution in [1.29, 1.82) is 0 Å². The van der Waals surface area contributed by atoms with Gasteiger partial charge in [-0.1, -0.05) is 12.1 Å². The number of pyridine rings is 1. The van der Waals surface area contributed by atoms with Crippen LogP contribution in [0.3, 0.4) is 0 Å². The van der Waals surface area contributed by atoms with Crippen molar-refractivity contribution in [1.82, 2.24) is 4.98 Å². The molecular formula is C16H20FN3. The molecule has 20 heavy (non-hydrogen) atoms. The smallest absolute Gasteiger partial charge is 0.146 e. The molecule has 0 aliphatic rings. The number of para-hydroxylation sites is 1. The molecule has 0 amide bonds. The fourth-order valence-corrected chi connectivity index (χ4v) is 2.42. The van der Waals surface area contributed by atoms with Gasteiger partial charge in [-0.3, -0.25) is 0 Å². The van der Waals surface area contributed by atoms with E-state index in [2.05, 4.69) is 4.98 Å². The topological polar surface area (TPSA) is 42.2 Å². The van der Waals surface area contributed by atoms with Crippen LogP contribution < -0.4 is 10.6 Å². The molecule has 0 radical (unpaired) electrons. The van der Waals surface area contributed by atoms with Crippen LogP contribution in [0.15, 0.2) is 30.3 Å². The first kappa shape index (κ1) is 14.5. The molecule has 2 aromatic rings. The summed E-state index contributed by atoms with van der Waals surface area (Å²) in [6.45, 7) is 6.94. The number of anilines is 2. The lowest BCUT2D eigenvalue weighted by atomic mass is 10.1. The molecule has 1 aromatic carbocycles. The Labute approximate surface area is 119 Å². The average molecular weight is 273 g/mol. The van der Waals surface area contributed by atoms with Crippen molar-refractivity contribution < 1.29 is 4.39 Å². The summed E-state index contributed by atoms with van der Waals surface area (Å²) in [6, 6.07) is 8.74. The number of aromatic nitrogens is 1. The zero-order valence-electron chi connectivity index (χ0n) is 12.2. The largest absolute Gasteiger partial charge is 0.326 e. The van der Waals surface area contributed by atoms with Gasteiger partial charge in [-0.15, -0.1) is 0 Å². The van der Waals surface area contributed by atoms with E-state index in [0.29, 0.717) is 18.8 Å². The standard InChI is InChI=1S/C16H20FN3/c1-4-20(15-8-6-5-7-14(15)17)16-13(10-18)11(2)9-12(3)19-16/h5-9H,4,10,18H2,1-3H3. The van der Waals surface area contributed by atoms with Crippen LogP contribution in [0.5, 0.6) is 0 Å². The molecule has 0 aliphatic carbocycles. The van der Waals surface area contributed by atoms with Gasteiger partial charge in [0, 0.05) is 24.3 Å². The SMILES string of the molecule is CCN(c1ccccc1F)c1nc(C)cc(C)c1CN.